The highest BCUT2D eigenvalue weighted by atomic mass is 14.7. The number of aromatic amines is 1. The molecule has 8 heavy (non-hydrogen) atoms. The van der Waals surface area contributed by atoms with Gasteiger partial charge in [0.15, 0.2) is 0 Å². The Morgan fingerprint density at radius 3 is 2.62 bits per heavy atom. The summed E-state index contributed by atoms with van der Waals surface area (Å²) in [4.78, 5) is 3.11. The van der Waals surface area contributed by atoms with Crippen molar-refractivity contribution in [3.8, 4) is 0 Å². The van der Waals surface area contributed by atoms with Crippen LogP contribution in [0.4, 0.5) is 0 Å². The van der Waals surface area contributed by atoms with Crippen molar-refractivity contribution in [1.82, 2.24) is 4.98 Å². The van der Waals surface area contributed by atoms with Crippen LogP contribution < -0.4 is 0 Å². The summed E-state index contributed by atoms with van der Waals surface area (Å²) in [7, 11) is 0. The van der Waals surface area contributed by atoms with E-state index in [4.69, 9.17) is 0 Å². The normalized spacial score (nSPS) is 9.75. The van der Waals surface area contributed by atoms with E-state index < -0.39 is 0 Å². The maximum Gasteiger partial charge on any atom is 0.0153 e. The van der Waals surface area contributed by atoms with Gasteiger partial charge in [-0.15, -0.1) is 0 Å². The molecule has 1 aromatic heterocycles. The molecule has 0 unspecified atom stereocenters. The van der Waals surface area contributed by atoms with Gasteiger partial charge in [0.25, 0.3) is 0 Å². The monoisotopic (exact) mass is 108 g/mol. The minimum Gasteiger partial charge on any atom is -0.362 e. The van der Waals surface area contributed by atoms with Gasteiger partial charge in [0.05, 0.1) is 0 Å². The number of nitrogens with one attached hydrogen (secondary N) is 1. The SMILES string of the molecule is [CH2]c1ccc(CC)[nH]1. The van der Waals surface area contributed by atoms with Gasteiger partial charge in [0, 0.05) is 11.4 Å². The van der Waals surface area contributed by atoms with Crippen LogP contribution in [0.5, 0.6) is 0 Å². The van der Waals surface area contributed by atoms with Crippen LogP contribution in [0.3, 0.4) is 0 Å². The highest BCUT2D eigenvalue weighted by Gasteiger charge is 1.87. The molecule has 0 aliphatic heterocycles. The molecule has 1 N–H and O–H groups in total. The third kappa shape index (κ3) is 0.915. The molecule has 0 saturated carbocycles. The van der Waals surface area contributed by atoms with Crippen molar-refractivity contribution >= 4 is 0 Å². The van der Waals surface area contributed by atoms with Gasteiger partial charge in [-0.3, -0.25) is 0 Å². The zero-order chi connectivity index (χ0) is 5.98. The average molecular weight is 108 g/mol. The van der Waals surface area contributed by atoms with Crippen molar-refractivity contribution in [2.75, 3.05) is 0 Å². The molecule has 0 saturated heterocycles. The third-order valence-corrected chi connectivity index (χ3v) is 1.19. The number of hydrogen-bond donors (Lipinski definition) is 1. The summed E-state index contributed by atoms with van der Waals surface area (Å²) in [5, 5.41) is 0. The molecule has 1 radical (unpaired) electrons. The Balaban J connectivity index is 2.84. The average Bonchev–Trinajstić information content (AvgIpc) is 2.14. The Morgan fingerprint density at radius 2 is 2.38 bits per heavy atom. The van der Waals surface area contributed by atoms with Crippen LogP contribution in [0.1, 0.15) is 18.3 Å². The van der Waals surface area contributed by atoms with E-state index in [9.17, 15) is 0 Å². The molecule has 1 aromatic rings. The topological polar surface area (TPSA) is 15.8 Å². The van der Waals surface area contributed by atoms with E-state index in [1.54, 1.807) is 0 Å². The first kappa shape index (κ1) is 5.42. The molecule has 1 rings (SSSR count). The van der Waals surface area contributed by atoms with E-state index >= 15 is 0 Å². The lowest BCUT2D eigenvalue weighted by atomic mass is 10.3. The Morgan fingerprint density at radius 1 is 1.62 bits per heavy atom. The highest BCUT2D eigenvalue weighted by molar-refractivity contribution is 5.14. The molecular formula is C7H10N. The van der Waals surface area contributed by atoms with Crippen molar-refractivity contribution in [3.63, 3.8) is 0 Å². The van der Waals surface area contributed by atoms with E-state index in [-0.39, 0.29) is 0 Å². The van der Waals surface area contributed by atoms with Crippen LogP contribution in [0.15, 0.2) is 12.1 Å². The van der Waals surface area contributed by atoms with Gasteiger partial charge in [0.1, 0.15) is 0 Å². The summed E-state index contributed by atoms with van der Waals surface area (Å²) >= 11 is 0. The predicted molar refractivity (Wildman–Crippen MR) is 34.6 cm³/mol. The van der Waals surface area contributed by atoms with Crippen LogP contribution in [0.2, 0.25) is 0 Å². The van der Waals surface area contributed by atoms with Gasteiger partial charge in [-0.2, -0.15) is 0 Å². The standard InChI is InChI=1S/C7H10N/c1-3-7-5-4-6(2)8-7/h4-5,8H,2-3H2,1H3. The summed E-state index contributed by atoms with van der Waals surface area (Å²) < 4.78 is 0. The van der Waals surface area contributed by atoms with Gasteiger partial charge < -0.3 is 4.98 Å². The van der Waals surface area contributed by atoms with Crippen molar-refractivity contribution in [2.24, 2.45) is 0 Å². The second-order valence-corrected chi connectivity index (χ2v) is 1.86. The number of hydrogen-bond acceptors (Lipinski definition) is 0. The number of aryl methyl sites for hydroxylation is 1. The first-order valence-corrected chi connectivity index (χ1v) is 2.82. The van der Waals surface area contributed by atoms with Crippen LogP contribution in [0.25, 0.3) is 0 Å². The second kappa shape index (κ2) is 2.03. The molecule has 0 fully saturated rings. The molecule has 0 spiro atoms. The smallest absolute Gasteiger partial charge is 0.0153 e. The summed E-state index contributed by atoms with van der Waals surface area (Å²) in [6.07, 6.45) is 1.06. The van der Waals surface area contributed by atoms with E-state index in [0.717, 1.165) is 12.1 Å². The fourth-order valence-corrected chi connectivity index (χ4v) is 0.697. The van der Waals surface area contributed by atoms with E-state index in [0.29, 0.717) is 0 Å². The van der Waals surface area contributed by atoms with Gasteiger partial charge in [-0.1, -0.05) is 6.92 Å². The maximum absolute atomic E-state index is 3.73. The van der Waals surface area contributed by atoms with Crippen LogP contribution in [-0.2, 0) is 6.42 Å². The van der Waals surface area contributed by atoms with Crippen molar-refractivity contribution in [3.05, 3.63) is 30.4 Å². The molecule has 0 atom stereocenters. The summed E-state index contributed by atoms with van der Waals surface area (Å²) in [6, 6.07) is 4.04. The van der Waals surface area contributed by atoms with Crippen molar-refractivity contribution in [2.45, 2.75) is 13.3 Å². The van der Waals surface area contributed by atoms with Crippen LogP contribution in [0, 0.1) is 6.92 Å². The van der Waals surface area contributed by atoms with Gasteiger partial charge in [0.2, 0.25) is 0 Å². The largest absolute Gasteiger partial charge is 0.362 e. The number of aromatic nitrogens is 1. The van der Waals surface area contributed by atoms with Crippen molar-refractivity contribution in [1.29, 1.82) is 0 Å². The summed E-state index contributed by atoms with van der Waals surface area (Å²) in [5.41, 5.74) is 2.26. The lowest BCUT2D eigenvalue weighted by Gasteiger charge is -1.84. The van der Waals surface area contributed by atoms with Gasteiger partial charge >= 0.3 is 0 Å². The summed E-state index contributed by atoms with van der Waals surface area (Å²) in [6.45, 7) is 5.85. The molecule has 1 nitrogen and oxygen atoms in total. The Labute approximate surface area is 49.7 Å². The first-order valence-electron chi connectivity index (χ1n) is 2.82. The summed E-state index contributed by atoms with van der Waals surface area (Å²) in [5.74, 6) is 0. The Kier molecular flexibility index (Phi) is 1.38. The quantitative estimate of drug-likeness (QED) is 0.564. The number of rotatable bonds is 1. The van der Waals surface area contributed by atoms with E-state index in [1.165, 1.54) is 5.69 Å². The van der Waals surface area contributed by atoms with E-state index in [1.807, 2.05) is 6.07 Å². The third-order valence-electron chi connectivity index (χ3n) is 1.19. The van der Waals surface area contributed by atoms with Crippen LogP contribution in [-0.4, -0.2) is 4.98 Å². The molecular weight excluding hydrogens is 98.1 g/mol. The minimum atomic E-state index is 1.00. The maximum atomic E-state index is 3.73. The molecule has 0 amide bonds. The molecule has 0 bridgehead atoms. The lowest BCUT2D eigenvalue weighted by molar-refractivity contribution is 1.05. The molecule has 1 heterocycles. The second-order valence-electron chi connectivity index (χ2n) is 1.86. The molecule has 0 aliphatic rings. The molecule has 0 aromatic carbocycles. The number of H-pyrrole nitrogens is 1. The zero-order valence-corrected chi connectivity index (χ0v) is 5.07. The highest BCUT2D eigenvalue weighted by Crippen LogP contribution is 1.99. The molecule has 0 aliphatic carbocycles. The molecule has 1 heteroatoms. The fourth-order valence-electron chi connectivity index (χ4n) is 0.697. The van der Waals surface area contributed by atoms with Crippen LogP contribution >= 0.6 is 0 Å². The predicted octanol–water partition coefficient (Wildman–Crippen LogP) is 1.76. The zero-order valence-electron chi connectivity index (χ0n) is 5.07. The Hall–Kier alpha value is -0.720. The van der Waals surface area contributed by atoms with Gasteiger partial charge in [-0.25, -0.2) is 0 Å². The first-order chi connectivity index (χ1) is 3.83. The van der Waals surface area contributed by atoms with E-state index in [2.05, 4.69) is 24.9 Å². The van der Waals surface area contributed by atoms with Crippen molar-refractivity contribution < 1.29 is 0 Å². The lowest BCUT2D eigenvalue weighted by Crippen LogP contribution is -1.76. The Bertz CT molecular complexity index is 165. The van der Waals surface area contributed by atoms with Gasteiger partial charge in [-0.05, 0) is 25.5 Å². The fraction of sp³-hybridized carbons (Fsp3) is 0.286. The minimum absolute atomic E-state index is 1.00. The molecule has 43 valence electrons.